The quantitative estimate of drug-likeness (QED) is 0.641. The molecule has 3 rings (SSSR count). The summed E-state index contributed by atoms with van der Waals surface area (Å²) in [7, 11) is 1.63. The molecule has 0 radical (unpaired) electrons. The third-order valence-electron chi connectivity index (χ3n) is 5.39. The molecule has 2 aromatic carbocycles. The third-order valence-corrected chi connectivity index (χ3v) is 7.06. The zero-order valence-corrected chi connectivity index (χ0v) is 18.0. The molecule has 0 amide bonds. The molecule has 3 N–H and O–H groups in total. The van der Waals surface area contributed by atoms with Gasteiger partial charge < -0.3 is 24.8 Å². The Morgan fingerprint density at radius 1 is 1.10 bits per heavy atom. The van der Waals surface area contributed by atoms with Crippen LogP contribution in [0.5, 0.6) is 11.5 Å². The first-order chi connectivity index (χ1) is 14.0. The highest BCUT2D eigenvalue weighted by Gasteiger charge is 2.38. The van der Waals surface area contributed by atoms with E-state index in [1.54, 1.807) is 7.11 Å². The molecule has 29 heavy (non-hydrogen) atoms. The first-order valence-electron chi connectivity index (χ1n) is 9.98. The summed E-state index contributed by atoms with van der Waals surface area (Å²) in [6, 6.07) is 12.2. The van der Waals surface area contributed by atoms with Crippen molar-refractivity contribution in [2.75, 3.05) is 20.3 Å². The summed E-state index contributed by atoms with van der Waals surface area (Å²) < 4.78 is 11.1. The maximum absolute atomic E-state index is 10.6. The Bertz CT molecular complexity index is 808. The lowest BCUT2D eigenvalue weighted by Gasteiger charge is -2.36. The third kappa shape index (κ3) is 5.07. The molecule has 0 unspecified atom stereocenters. The van der Waals surface area contributed by atoms with Crippen LogP contribution in [0.4, 0.5) is 0 Å². The number of rotatable bonds is 7. The lowest BCUT2D eigenvalue weighted by Crippen LogP contribution is -2.39. The van der Waals surface area contributed by atoms with Crippen LogP contribution in [0.1, 0.15) is 40.8 Å². The molecule has 4 atom stereocenters. The molecule has 0 spiro atoms. The molecule has 0 saturated carbocycles. The fourth-order valence-corrected chi connectivity index (χ4v) is 5.14. The van der Waals surface area contributed by atoms with Gasteiger partial charge in [-0.2, -0.15) is 0 Å². The first-order valence-corrected chi connectivity index (χ1v) is 10.9. The summed E-state index contributed by atoms with van der Waals surface area (Å²) in [5.41, 5.74) is 4.35. The van der Waals surface area contributed by atoms with Crippen LogP contribution in [0.25, 0.3) is 0 Å². The van der Waals surface area contributed by atoms with Gasteiger partial charge in [0.15, 0.2) is 0 Å². The van der Waals surface area contributed by atoms with Crippen LogP contribution in [-0.2, 0) is 6.42 Å². The minimum Gasteiger partial charge on any atom is -0.496 e. The minimum atomic E-state index is -0.712. The molecule has 0 aliphatic carbocycles. The Balaban J connectivity index is 1.90. The number of hydrogen-bond donors (Lipinski definition) is 3. The van der Waals surface area contributed by atoms with Crippen molar-refractivity contribution in [2.45, 2.75) is 49.4 Å². The van der Waals surface area contributed by atoms with Gasteiger partial charge in [0.25, 0.3) is 0 Å². The smallest absolute Gasteiger partial charge is 0.123 e. The van der Waals surface area contributed by atoms with E-state index in [1.165, 1.54) is 17.3 Å². The van der Waals surface area contributed by atoms with Gasteiger partial charge in [-0.05, 0) is 55.2 Å². The van der Waals surface area contributed by atoms with Gasteiger partial charge in [-0.1, -0.05) is 18.2 Å². The summed E-state index contributed by atoms with van der Waals surface area (Å²) in [5, 5.41) is 29.7. The van der Waals surface area contributed by atoms with Gasteiger partial charge in [-0.25, -0.2) is 0 Å². The summed E-state index contributed by atoms with van der Waals surface area (Å²) in [6.07, 6.45) is -0.410. The fraction of sp³-hybridized carbons (Fsp3) is 0.478. The van der Waals surface area contributed by atoms with Crippen molar-refractivity contribution < 1.29 is 24.8 Å². The van der Waals surface area contributed by atoms with Gasteiger partial charge in [0.1, 0.15) is 11.5 Å². The van der Waals surface area contributed by atoms with Crippen molar-refractivity contribution in [2.24, 2.45) is 0 Å². The van der Waals surface area contributed by atoms with Crippen molar-refractivity contribution in [1.29, 1.82) is 0 Å². The second-order valence-electron chi connectivity index (χ2n) is 7.42. The molecule has 0 bridgehead atoms. The number of thioether (sulfide) groups is 1. The van der Waals surface area contributed by atoms with E-state index in [1.807, 2.05) is 25.1 Å². The lowest BCUT2D eigenvalue weighted by atomic mass is 9.93. The van der Waals surface area contributed by atoms with Crippen molar-refractivity contribution in [3.8, 4) is 11.5 Å². The first kappa shape index (κ1) is 22.0. The van der Waals surface area contributed by atoms with Crippen LogP contribution < -0.4 is 9.47 Å². The molecule has 1 saturated heterocycles. The molecule has 1 aliphatic heterocycles. The van der Waals surface area contributed by atoms with Gasteiger partial charge in [-0.3, -0.25) is 0 Å². The Morgan fingerprint density at radius 3 is 2.45 bits per heavy atom. The maximum Gasteiger partial charge on any atom is 0.123 e. The van der Waals surface area contributed by atoms with Gasteiger partial charge in [0.2, 0.25) is 0 Å². The highest BCUT2D eigenvalue weighted by molar-refractivity contribution is 8.00. The van der Waals surface area contributed by atoms with E-state index in [4.69, 9.17) is 9.47 Å². The number of aryl methyl sites for hydroxylation is 1. The molecule has 2 aromatic rings. The zero-order valence-electron chi connectivity index (χ0n) is 17.2. The average Bonchev–Trinajstić information content (AvgIpc) is 2.71. The van der Waals surface area contributed by atoms with E-state index in [2.05, 4.69) is 25.1 Å². The zero-order chi connectivity index (χ0) is 21.0. The van der Waals surface area contributed by atoms with Crippen LogP contribution >= 0.6 is 11.8 Å². The van der Waals surface area contributed by atoms with Crippen molar-refractivity contribution in [1.82, 2.24) is 0 Å². The number of benzene rings is 2. The Kier molecular flexibility index (Phi) is 7.46. The largest absolute Gasteiger partial charge is 0.496 e. The molecular weight excluding hydrogens is 388 g/mol. The Labute approximate surface area is 176 Å². The van der Waals surface area contributed by atoms with E-state index in [-0.39, 0.29) is 23.5 Å². The average molecular weight is 419 g/mol. The molecule has 158 valence electrons. The van der Waals surface area contributed by atoms with Crippen LogP contribution in [0.15, 0.2) is 36.4 Å². The lowest BCUT2D eigenvalue weighted by molar-refractivity contribution is 0.0571. The standard InChI is InChI=1S/C23H30O5S/c1-4-28-17-7-5-15(6-8-17)10-16-11-18(21(27-3)9-14(16)2)23-20(26)12-19(25)22(13-24)29-23/h5-9,11,19-20,22-26H,4,10,12-13H2,1-3H3/t19-,20+,22+,23-/m0/s1. The molecule has 1 aliphatic rings. The normalized spacial score (nSPS) is 24.3. The van der Waals surface area contributed by atoms with Crippen molar-refractivity contribution in [3.05, 3.63) is 58.7 Å². The highest BCUT2D eigenvalue weighted by Crippen LogP contribution is 2.46. The van der Waals surface area contributed by atoms with E-state index in [0.717, 1.165) is 34.6 Å². The number of aliphatic hydroxyl groups is 3. The predicted octanol–water partition coefficient (Wildman–Crippen LogP) is 3.25. The maximum atomic E-state index is 10.6. The highest BCUT2D eigenvalue weighted by atomic mass is 32.2. The van der Waals surface area contributed by atoms with E-state index >= 15 is 0 Å². The molecule has 0 aromatic heterocycles. The number of ether oxygens (including phenoxy) is 2. The van der Waals surface area contributed by atoms with E-state index < -0.39 is 12.2 Å². The van der Waals surface area contributed by atoms with Gasteiger partial charge in [-0.15, -0.1) is 11.8 Å². The minimum absolute atomic E-state index is 0.123. The molecule has 6 heteroatoms. The summed E-state index contributed by atoms with van der Waals surface area (Å²) in [5.74, 6) is 1.58. The molecule has 1 heterocycles. The Hall–Kier alpha value is -1.73. The number of aliphatic hydroxyl groups excluding tert-OH is 3. The number of methoxy groups -OCH3 is 1. The molecular formula is C23H30O5S. The fourth-order valence-electron chi connectivity index (χ4n) is 3.76. The molecule has 1 fully saturated rings. The van der Waals surface area contributed by atoms with Gasteiger partial charge in [0.05, 0.1) is 43.0 Å². The second-order valence-corrected chi connectivity index (χ2v) is 8.81. The number of hydrogen-bond acceptors (Lipinski definition) is 6. The monoisotopic (exact) mass is 418 g/mol. The van der Waals surface area contributed by atoms with Gasteiger partial charge in [0, 0.05) is 12.0 Å². The summed E-state index contributed by atoms with van der Waals surface area (Å²) in [4.78, 5) is 0. The molecule has 5 nitrogen and oxygen atoms in total. The predicted molar refractivity (Wildman–Crippen MR) is 116 cm³/mol. The van der Waals surface area contributed by atoms with E-state index in [9.17, 15) is 15.3 Å². The topological polar surface area (TPSA) is 79.2 Å². The summed E-state index contributed by atoms with van der Waals surface area (Å²) in [6.45, 7) is 4.54. The van der Waals surface area contributed by atoms with Crippen LogP contribution in [0.3, 0.4) is 0 Å². The second kappa shape index (κ2) is 9.85. The van der Waals surface area contributed by atoms with Crippen molar-refractivity contribution >= 4 is 11.8 Å². The summed E-state index contributed by atoms with van der Waals surface area (Å²) >= 11 is 1.41. The van der Waals surface area contributed by atoms with Crippen LogP contribution in [-0.4, -0.2) is 53.1 Å². The van der Waals surface area contributed by atoms with Crippen LogP contribution in [0, 0.1) is 6.92 Å². The van der Waals surface area contributed by atoms with Crippen LogP contribution in [0.2, 0.25) is 0 Å². The van der Waals surface area contributed by atoms with Gasteiger partial charge >= 0.3 is 0 Å². The van der Waals surface area contributed by atoms with Crippen molar-refractivity contribution in [3.63, 3.8) is 0 Å². The van der Waals surface area contributed by atoms with E-state index in [0.29, 0.717) is 6.61 Å². The SMILES string of the molecule is CCOc1ccc(Cc2cc([C@@H]3S[C@H](CO)[C@@H](O)C[C@H]3O)c(OC)cc2C)cc1. The Morgan fingerprint density at radius 2 is 1.83 bits per heavy atom.